The van der Waals surface area contributed by atoms with E-state index in [0.717, 1.165) is 10.0 Å². The lowest BCUT2D eigenvalue weighted by molar-refractivity contribution is -0.374. The Bertz CT molecular complexity index is 869. The number of rotatable bonds is 4. The van der Waals surface area contributed by atoms with Crippen LogP contribution in [-0.2, 0) is 0 Å². The summed E-state index contributed by atoms with van der Waals surface area (Å²) >= 11 is 3.47. The zero-order valence-corrected chi connectivity index (χ0v) is 13.6. The normalized spacial score (nSPS) is 11.4. The molecule has 0 aliphatic carbocycles. The molecule has 0 aliphatic heterocycles. The zero-order valence-electron chi connectivity index (χ0n) is 12.0. The summed E-state index contributed by atoms with van der Waals surface area (Å²) in [7, 11) is 0. The van der Waals surface area contributed by atoms with Gasteiger partial charge in [-0.25, -0.2) is 0 Å². The van der Waals surface area contributed by atoms with Crippen LogP contribution in [0.2, 0.25) is 0 Å². The molecule has 0 saturated carbocycles. The van der Waals surface area contributed by atoms with Crippen molar-refractivity contribution < 1.29 is 9.34 Å². The minimum atomic E-state index is -0.407. The lowest BCUT2D eigenvalue weighted by atomic mass is 10.1. The van der Waals surface area contributed by atoms with E-state index in [4.69, 9.17) is 4.42 Å². The molecule has 1 aromatic heterocycles. The first-order chi connectivity index (χ1) is 11.1. The van der Waals surface area contributed by atoms with Gasteiger partial charge in [0.1, 0.15) is 11.5 Å². The van der Waals surface area contributed by atoms with Crippen molar-refractivity contribution in [2.75, 3.05) is 0 Å². The summed E-state index contributed by atoms with van der Waals surface area (Å²) in [4.78, 5) is 10.9. The quantitative estimate of drug-likeness (QED) is 0.451. The summed E-state index contributed by atoms with van der Waals surface area (Å²) in [6, 6.07) is 19.9. The van der Waals surface area contributed by atoms with E-state index in [2.05, 4.69) is 15.9 Å². The second kappa shape index (κ2) is 6.62. The smallest absolute Gasteiger partial charge is 0.280 e. The van der Waals surface area contributed by atoms with E-state index in [0.29, 0.717) is 17.1 Å². The predicted octanol–water partition coefficient (Wildman–Crippen LogP) is 5.48. The van der Waals surface area contributed by atoms with Gasteiger partial charge in [-0.15, -0.1) is 0 Å². The molecule has 114 valence electrons. The lowest BCUT2D eigenvalue weighted by Gasteiger charge is -2.00. The molecule has 0 unspecified atom stereocenters. The molecule has 0 saturated heterocycles. The van der Waals surface area contributed by atoms with Gasteiger partial charge in [0.25, 0.3) is 5.70 Å². The lowest BCUT2D eigenvalue weighted by Crippen LogP contribution is -1.97. The maximum Gasteiger partial charge on any atom is 0.280 e. The highest BCUT2D eigenvalue weighted by molar-refractivity contribution is 9.10. The number of furan rings is 1. The second-order valence-corrected chi connectivity index (χ2v) is 5.69. The molecule has 3 rings (SSSR count). The van der Waals surface area contributed by atoms with E-state index in [-0.39, 0.29) is 5.70 Å². The van der Waals surface area contributed by atoms with Gasteiger partial charge in [-0.2, -0.15) is 0 Å². The van der Waals surface area contributed by atoms with Crippen molar-refractivity contribution in [1.29, 1.82) is 0 Å². The van der Waals surface area contributed by atoms with Gasteiger partial charge in [0.15, 0.2) is 0 Å². The monoisotopic (exact) mass is 369 g/mol. The van der Waals surface area contributed by atoms with Gasteiger partial charge in [0.05, 0.1) is 16.6 Å². The first kappa shape index (κ1) is 15.2. The molecular weight excluding hydrogens is 358 g/mol. The van der Waals surface area contributed by atoms with Gasteiger partial charge in [0, 0.05) is 10.0 Å². The fraction of sp³-hybridized carbons (Fsp3) is 0. The average molecular weight is 370 g/mol. The highest BCUT2D eigenvalue weighted by Gasteiger charge is 2.15. The fourth-order valence-electron chi connectivity index (χ4n) is 2.22. The van der Waals surface area contributed by atoms with Gasteiger partial charge in [-0.3, -0.25) is 10.1 Å². The molecule has 3 aromatic rings. The molecule has 0 fully saturated rings. The molecule has 23 heavy (non-hydrogen) atoms. The maximum absolute atomic E-state index is 11.3. The number of hydrogen-bond donors (Lipinski definition) is 0. The van der Waals surface area contributed by atoms with Crippen LogP contribution in [0.15, 0.2) is 75.6 Å². The van der Waals surface area contributed by atoms with Gasteiger partial charge in [0.2, 0.25) is 0 Å². The van der Waals surface area contributed by atoms with Gasteiger partial charge < -0.3 is 4.42 Å². The Morgan fingerprint density at radius 3 is 2.39 bits per heavy atom. The summed E-state index contributed by atoms with van der Waals surface area (Å²) in [5.41, 5.74) is 1.43. The first-order valence-electron chi connectivity index (χ1n) is 6.91. The maximum atomic E-state index is 11.3. The van der Waals surface area contributed by atoms with Gasteiger partial charge in [-0.05, 0) is 30.3 Å². The van der Waals surface area contributed by atoms with E-state index >= 15 is 0 Å². The Morgan fingerprint density at radius 2 is 1.70 bits per heavy atom. The standard InChI is InChI=1S/C18H12BrNO3/c19-16-9-5-4-8-15(16)18-11-10-14(23-18)12-17(20(21)22)13-6-2-1-3-7-13/h1-12H. The molecule has 1 heterocycles. The molecule has 0 aliphatic rings. The highest BCUT2D eigenvalue weighted by Crippen LogP contribution is 2.30. The average Bonchev–Trinajstić information content (AvgIpc) is 3.02. The van der Waals surface area contributed by atoms with Crippen LogP contribution >= 0.6 is 15.9 Å². The zero-order chi connectivity index (χ0) is 16.2. The third kappa shape index (κ3) is 3.40. The molecule has 0 atom stereocenters. The van der Waals surface area contributed by atoms with Crippen LogP contribution in [0.5, 0.6) is 0 Å². The summed E-state index contributed by atoms with van der Waals surface area (Å²) in [6.07, 6.45) is 1.44. The van der Waals surface area contributed by atoms with Crippen molar-refractivity contribution in [3.63, 3.8) is 0 Å². The Hall–Kier alpha value is -2.66. The van der Waals surface area contributed by atoms with E-state index in [1.165, 1.54) is 6.08 Å². The Labute approximate surface area is 141 Å². The second-order valence-electron chi connectivity index (χ2n) is 4.83. The predicted molar refractivity (Wildman–Crippen MR) is 93.2 cm³/mol. The Morgan fingerprint density at radius 1 is 1.00 bits per heavy atom. The van der Waals surface area contributed by atoms with Crippen molar-refractivity contribution in [2.24, 2.45) is 0 Å². The summed E-state index contributed by atoms with van der Waals surface area (Å²) in [6.45, 7) is 0. The highest BCUT2D eigenvalue weighted by atomic mass is 79.9. The van der Waals surface area contributed by atoms with Crippen LogP contribution in [-0.4, -0.2) is 4.92 Å². The first-order valence-corrected chi connectivity index (χ1v) is 7.71. The van der Waals surface area contributed by atoms with Crippen LogP contribution in [0.1, 0.15) is 11.3 Å². The summed E-state index contributed by atoms with van der Waals surface area (Å²) < 4.78 is 6.65. The SMILES string of the molecule is O=[N+]([O-])C(=Cc1ccc(-c2ccccc2Br)o1)c1ccccc1. The van der Waals surface area contributed by atoms with E-state index in [1.807, 2.05) is 30.3 Å². The fourth-order valence-corrected chi connectivity index (χ4v) is 2.70. The molecule has 0 amide bonds. The summed E-state index contributed by atoms with van der Waals surface area (Å²) in [5.74, 6) is 1.09. The Kier molecular flexibility index (Phi) is 4.39. The molecule has 0 N–H and O–H groups in total. The number of nitro groups is 1. The molecular formula is C18H12BrNO3. The van der Waals surface area contributed by atoms with Gasteiger partial charge in [-0.1, -0.05) is 52.3 Å². The van der Waals surface area contributed by atoms with Crippen LogP contribution < -0.4 is 0 Å². The third-order valence-electron chi connectivity index (χ3n) is 3.31. The van der Waals surface area contributed by atoms with Crippen molar-refractivity contribution in [3.8, 4) is 11.3 Å². The number of benzene rings is 2. The third-order valence-corrected chi connectivity index (χ3v) is 4.00. The number of nitrogens with zero attached hydrogens (tertiary/aromatic N) is 1. The number of hydrogen-bond acceptors (Lipinski definition) is 3. The number of halogens is 1. The van der Waals surface area contributed by atoms with E-state index in [9.17, 15) is 10.1 Å². The molecule has 0 radical (unpaired) electrons. The van der Waals surface area contributed by atoms with E-state index < -0.39 is 4.92 Å². The molecule has 0 spiro atoms. The molecule has 4 nitrogen and oxygen atoms in total. The van der Waals surface area contributed by atoms with Crippen LogP contribution in [0, 0.1) is 10.1 Å². The van der Waals surface area contributed by atoms with Gasteiger partial charge >= 0.3 is 0 Å². The molecule has 0 bridgehead atoms. The Balaban J connectivity index is 1.99. The summed E-state index contributed by atoms with van der Waals surface area (Å²) in [5, 5.41) is 11.3. The molecule has 2 aromatic carbocycles. The van der Waals surface area contributed by atoms with Crippen molar-refractivity contribution in [1.82, 2.24) is 0 Å². The van der Waals surface area contributed by atoms with Crippen molar-refractivity contribution in [2.45, 2.75) is 0 Å². The minimum Gasteiger partial charge on any atom is -0.456 e. The largest absolute Gasteiger partial charge is 0.456 e. The van der Waals surface area contributed by atoms with Crippen LogP contribution in [0.4, 0.5) is 0 Å². The van der Waals surface area contributed by atoms with Crippen molar-refractivity contribution in [3.05, 3.63) is 92.6 Å². The van der Waals surface area contributed by atoms with Crippen LogP contribution in [0.3, 0.4) is 0 Å². The van der Waals surface area contributed by atoms with E-state index in [1.54, 1.807) is 36.4 Å². The topological polar surface area (TPSA) is 56.3 Å². The van der Waals surface area contributed by atoms with Crippen molar-refractivity contribution >= 4 is 27.7 Å². The van der Waals surface area contributed by atoms with Crippen LogP contribution in [0.25, 0.3) is 23.1 Å². The minimum absolute atomic E-state index is 0.00127. The molecule has 5 heteroatoms.